The lowest BCUT2D eigenvalue weighted by Crippen LogP contribution is -2.45. The van der Waals surface area contributed by atoms with Gasteiger partial charge in [0.15, 0.2) is 9.84 Å². The van der Waals surface area contributed by atoms with E-state index in [0.717, 1.165) is 63.0 Å². The number of nitrogens with one attached hydrogen (secondary N) is 1. The summed E-state index contributed by atoms with van der Waals surface area (Å²) >= 11 is 6.50. The number of nitrogens with zero attached hydrogens (tertiary/aromatic N) is 2. The number of likely N-dealkylation sites (tertiary alicyclic amines) is 2. The highest BCUT2D eigenvalue weighted by atomic mass is 35.5. The molecule has 1 atom stereocenters. The molecule has 212 valence electrons. The van der Waals surface area contributed by atoms with Crippen LogP contribution in [0.2, 0.25) is 5.02 Å². The number of sulfone groups is 1. The number of carbonyl (C=O) groups is 2. The molecule has 39 heavy (non-hydrogen) atoms. The number of hydrogen-bond donors (Lipinski definition) is 1. The van der Waals surface area contributed by atoms with Gasteiger partial charge in [-0.05, 0) is 68.1 Å². The van der Waals surface area contributed by atoms with Crippen LogP contribution >= 0.6 is 11.6 Å². The maximum Gasteiger partial charge on any atom is 0.229 e. The van der Waals surface area contributed by atoms with E-state index in [9.17, 15) is 18.0 Å². The molecule has 0 bridgehead atoms. The Kier molecular flexibility index (Phi) is 8.79. The highest BCUT2D eigenvalue weighted by Gasteiger charge is 2.47. The van der Waals surface area contributed by atoms with E-state index in [0.29, 0.717) is 11.6 Å². The van der Waals surface area contributed by atoms with Crippen molar-refractivity contribution in [2.45, 2.75) is 63.9 Å². The Morgan fingerprint density at radius 1 is 1.03 bits per heavy atom. The minimum absolute atomic E-state index is 0.00683. The lowest BCUT2D eigenvalue weighted by molar-refractivity contribution is -0.139. The molecule has 1 spiro atoms. The molecule has 2 saturated heterocycles. The number of hydrogen-bond acceptors (Lipinski definition) is 5. The summed E-state index contributed by atoms with van der Waals surface area (Å²) in [5.41, 5.74) is 1.05. The van der Waals surface area contributed by atoms with E-state index in [1.54, 1.807) is 24.3 Å². The Bertz CT molecular complexity index is 1300. The van der Waals surface area contributed by atoms with Crippen LogP contribution in [0.15, 0.2) is 53.4 Å². The first-order chi connectivity index (χ1) is 18.3. The molecule has 2 aliphatic rings. The standard InChI is InChI=1S/C30H40ClN3O4S/c1-29(2,3)27(35)32-26(24-7-5-6-8-25(24)31)13-17-33-18-14-30(15-19-33)16-20-34(28(30)36)21-22-9-11-23(12-10-22)39(4,37)38/h5-12,26H,13-21H2,1-4H3,(H,32,35). The number of carbonyl (C=O) groups excluding carboxylic acids is 2. The summed E-state index contributed by atoms with van der Waals surface area (Å²) in [7, 11) is -3.24. The monoisotopic (exact) mass is 573 g/mol. The van der Waals surface area contributed by atoms with E-state index in [1.807, 2.05) is 49.9 Å². The zero-order chi connectivity index (χ0) is 28.4. The van der Waals surface area contributed by atoms with Crippen molar-refractivity contribution in [1.82, 2.24) is 15.1 Å². The molecule has 0 radical (unpaired) electrons. The Morgan fingerprint density at radius 2 is 1.64 bits per heavy atom. The minimum atomic E-state index is -3.24. The predicted octanol–water partition coefficient (Wildman–Crippen LogP) is 4.85. The third kappa shape index (κ3) is 7.02. The van der Waals surface area contributed by atoms with E-state index in [-0.39, 0.29) is 28.2 Å². The molecule has 2 aliphatic heterocycles. The maximum atomic E-state index is 13.5. The second-order valence-electron chi connectivity index (χ2n) is 12.1. The Morgan fingerprint density at radius 3 is 2.23 bits per heavy atom. The van der Waals surface area contributed by atoms with E-state index < -0.39 is 15.3 Å². The SMILES string of the molecule is CC(C)(C)C(=O)NC(CCN1CCC2(CC1)CCN(Cc1ccc(S(C)(=O)=O)cc1)C2=O)c1ccccc1Cl. The quantitative estimate of drug-likeness (QED) is 0.488. The van der Waals surface area contributed by atoms with Crippen LogP contribution in [0.4, 0.5) is 0 Å². The van der Waals surface area contributed by atoms with Crippen LogP contribution in [0, 0.1) is 10.8 Å². The average molecular weight is 574 g/mol. The molecular formula is C30H40ClN3O4S. The van der Waals surface area contributed by atoms with Gasteiger partial charge in [-0.1, -0.05) is 62.7 Å². The van der Waals surface area contributed by atoms with Crippen molar-refractivity contribution >= 4 is 33.3 Å². The van der Waals surface area contributed by atoms with Crippen LogP contribution in [0.25, 0.3) is 0 Å². The van der Waals surface area contributed by atoms with Gasteiger partial charge in [-0.3, -0.25) is 9.59 Å². The lowest BCUT2D eigenvalue weighted by Gasteiger charge is -2.38. The number of benzene rings is 2. The van der Waals surface area contributed by atoms with E-state index >= 15 is 0 Å². The molecule has 7 nitrogen and oxygen atoms in total. The van der Waals surface area contributed by atoms with Gasteiger partial charge in [0.1, 0.15) is 0 Å². The lowest BCUT2D eigenvalue weighted by atomic mass is 9.77. The van der Waals surface area contributed by atoms with Gasteiger partial charge in [-0.25, -0.2) is 8.42 Å². The summed E-state index contributed by atoms with van der Waals surface area (Å²) in [5.74, 6) is 0.202. The molecule has 9 heteroatoms. The largest absolute Gasteiger partial charge is 0.349 e. The topological polar surface area (TPSA) is 86.8 Å². The first-order valence-electron chi connectivity index (χ1n) is 13.6. The van der Waals surface area contributed by atoms with E-state index in [2.05, 4.69) is 10.2 Å². The third-order valence-electron chi connectivity index (χ3n) is 8.14. The molecule has 0 saturated carbocycles. The Hall–Kier alpha value is -2.42. The fourth-order valence-corrected chi connectivity index (χ4v) is 6.42. The highest BCUT2D eigenvalue weighted by molar-refractivity contribution is 7.90. The minimum Gasteiger partial charge on any atom is -0.349 e. The summed E-state index contributed by atoms with van der Waals surface area (Å²) < 4.78 is 23.5. The van der Waals surface area contributed by atoms with Gasteiger partial charge in [-0.15, -0.1) is 0 Å². The van der Waals surface area contributed by atoms with Crippen LogP contribution in [-0.4, -0.2) is 62.5 Å². The fraction of sp³-hybridized carbons (Fsp3) is 0.533. The summed E-state index contributed by atoms with van der Waals surface area (Å²) in [6.07, 6.45) is 4.43. The number of piperidine rings is 1. The predicted molar refractivity (Wildman–Crippen MR) is 154 cm³/mol. The first kappa shape index (κ1) is 29.6. The zero-order valence-electron chi connectivity index (χ0n) is 23.4. The van der Waals surface area contributed by atoms with Gasteiger partial charge in [0.2, 0.25) is 11.8 Å². The van der Waals surface area contributed by atoms with Crippen molar-refractivity contribution in [3.63, 3.8) is 0 Å². The summed E-state index contributed by atoms with van der Waals surface area (Å²) in [5, 5.41) is 3.86. The molecular weight excluding hydrogens is 534 g/mol. The molecule has 2 heterocycles. The summed E-state index contributed by atoms with van der Waals surface area (Å²) in [6.45, 7) is 9.42. The molecule has 2 aromatic rings. The Labute approximate surface area is 237 Å². The van der Waals surface area contributed by atoms with Crippen molar-refractivity contribution in [2.24, 2.45) is 10.8 Å². The highest BCUT2D eigenvalue weighted by Crippen LogP contribution is 2.42. The van der Waals surface area contributed by atoms with Crippen molar-refractivity contribution in [3.05, 3.63) is 64.7 Å². The molecule has 1 N–H and O–H groups in total. The maximum absolute atomic E-state index is 13.5. The average Bonchev–Trinajstić information content (AvgIpc) is 3.17. The molecule has 4 rings (SSSR count). The van der Waals surface area contributed by atoms with Crippen molar-refractivity contribution < 1.29 is 18.0 Å². The van der Waals surface area contributed by atoms with Crippen LogP contribution in [0.3, 0.4) is 0 Å². The number of rotatable bonds is 8. The van der Waals surface area contributed by atoms with Gasteiger partial charge in [0.25, 0.3) is 0 Å². The van der Waals surface area contributed by atoms with Crippen molar-refractivity contribution in [1.29, 1.82) is 0 Å². The zero-order valence-corrected chi connectivity index (χ0v) is 24.9. The smallest absolute Gasteiger partial charge is 0.229 e. The fourth-order valence-electron chi connectivity index (χ4n) is 5.52. The molecule has 2 amide bonds. The molecule has 2 aromatic carbocycles. The van der Waals surface area contributed by atoms with Crippen molar-refractivity contribution in [3.8, 4) is 0 Å². The third-order valence-corrected chi connectivity index (χ3v) is 9.61. The van der Waals surface area contributed by atoms with Gasteiger partial charge in [-0.2, -0.15) is 0 Å². The van der Waals surface area contributed by atoms with Gasteiger partial charge in [0, 0.05) is 36.3 Å². The van der Waals surface area contributed by atoms with Crippen LogP contribution < -0.4 is 5.32 Å². The van der Waals surface area contributed by atoms with Crippen molar-refractivity contribution in [2.75, 3.05) is 32.4 Å². The summed E-state index contributed by atoms with van der Waals surface area (Å²) in [6, 6.07) is 14.3. The van der Waals surface area contributed by atoms with Gasteiger partial charge in [0.05, 0.1) is 16.4 Å². The first-order valence-corrected chi connectivity index (χ1v) is 15.9. The number of halogens is 1. The second kappa shape index (κ2) is 11.6. The van der Waals surface area contributed by atoms with Crippen LogP contribution in [0.1, 0.15) is 63.6 Å². The number of amides is 2. The van der Waals surface area contributed by atoms with Gasteiger partial charge < -0.3 is 15.1 Å². The van der Waals surface area contributed by atoms with E-state index in [4.69, 9.17) is 11.6 Å². The molecule has 0 aromatic heterocycles. The van der Waals surface area contributed by atoms with Crippen LogP contribution in [-0.2, 0) is 26.0 Å². The van der Waals surface area contributed by atoms with Gasteiger partial charge >= 0.3 is 0 Å². The molecule has 2 fully saturated rings. The second-order valence-corrected chi connectivity index (χ2v) is 14.5. The summed E-state index contributed by atoms with van der Waals surface area (Å²) in [4.78, 5) is 30.9. The molecule has 1 unspecified atom stereocenters. The normalized spacial score (nSPS) is 18.9. The Balaban J connectivity index is 1.34. The van der Waals surface area contributed by atoms with E-state index in [1.165, 1.54) is 6.26 Å². The van der Waals surface area contributed by atoms with Crippen LogP contribution in [0.5, 0.6) is 0 Å². The molecule has 0 aliphatic carbocycles.